The maximum absolute atomic E-state index is 12.7. The number of hydrogen-bond donors (Lipinski definition) is 1. The molecule has 6 nitrogen and oxygen atoms in total. The summed E-state index contributed by atoms with van der Waals surface area (Å²) in [5, 5.41) is 9.35. The van der Waals surface area contributed by atoms with E-state index < -0.39 is 0 Å². The Bertz CT molecular complexity index is 710. The molecule has 1 N–H and O–H groups in total. The molecule has 1 saturated carbocycles. The molecule has 162 valence electrons. The second-order valence-corrected chi connectivity index (χ2v) is 7.92. The average molecular weight is 406 g/mol. The summed E-state index contributed by atoms with van der Waals surface area (Å²) >= 11 is 0. The van der Waals surface area contributed by atoms with E-state index in [9.17, 15) is 14.7 Å². The van der Waals surface area contributed by atoms with Crippen LogP contribution < -0.4 is 9.47 Å². The van der Waals surface area contributed by atoms with Crippen molar-refractivity contribution < 1.29 is 24.2 Å². The van der Waals surface area contributed by atoms with Gasteiger partial charge in [-0.25, -0.2) is 0 Å². The van der Waals surface area contributed by atoms with Gasteiger partial charge in [0.1, 0.15) is 11.5 Å². The van der Waals surface area contributed by atoms with Crippen molar-refractivity contribution >= 4 is 11.9 Å². The second kappa shape index (κ2) is 11.2. The molecule has 0 saturated heterocycles. The molecule has 1 aliphatic rings. The van der Waals surface area contributed by atoms with Crippen molar-refractivity contribution in [3.63, 3.8) is 0 Å². The van der Waals surface area contributed by atoms with Crippen LogP contribution >= 0.6 is 0 Å². The quantitative estimate of drug-likeness (QED) is 0.384. The number of aliphatic hydroxyl groups excluding tert-OH is 1. The van der Waals surface area contributed by atoms with Gasteiger partial charge in [0.15, 0.2) is 0 Å². The van der Waals surface area contributed by atoms with Crippen LogP contribution in [0.3, 0.4) is 0 Å². The Morgan fingerprint density at radius 3 is 2.45 bits per heavy atom. The van der Waals surface area contributed by atoms with Crippen molar-refractivity contribution in [2.45, 2.75) is 78.7 Å². The molecular weight excluding hydrogens is 370 g/mol. The maximum atomic E-state index is 12.7. The minimum Gasteiger partial charge on any atom is -0.493 e. The van der Waals surface area contributed by atoms with E-state index in [1.807, 2.05) is 31.7 Å². The fraction of sp³-hybridized carbons (Fsp3) is 0.652. The number of ether oxygens (including phenoxy) is 2. The van der Waals surface area contributed by atoms with Gasteiger partial charge in [0, 0.05) is 25.9 Å². The van der Waals surface area contributed by atoms with Gasteiger partial charge in [-0.15, -0.1) is 0 Å². The van der Waals surface area contributed by atoms with Gasteiger partial charge in [-0.05, 0) is 62.8 Å². The van der Waals surface area contributed by atoms with E-state index in [0.29, 0.717) is 31.7 Å². The molecule has 2 rings (SSSR count). The van der Waals surface area contributed by atoms with E-state index in [4.69, 9.17) is 9.47 Å². The van der Waals surface area contributed by atoms with Gasteiger partial charge >= 0.3 is 5.97 Å². The van der Waals surface area contributed by atoms with Gasteiger partial charge in [0.25, 0.3) is 0 Å². The first kappa shape index (κ1) is 23.2. The number of carbonyl (C=O) groups is 2. The zero-order valence-electron chi connectivity index (χ0n) is 18.3. The van der Waals surface area contributed by atoms with Crippen LogP contribution in [0.2, 0.25) is 0 Å². The molecule has 0 spiro atoms. The number of carbonyl (C=O) groups excluding carboxylic acids is 2. The molecule has 0 aromatic heterocycles. The lowest BCUT2D eigenvalue weighted by Gasteiger charge is -2.34. The lowest BCUT2D eigenvalue weighted by molar-refractivity contribution is -0.135. The number of nitrogens with zero attached hydrogens (tertiary/aromatic N) is 1. The smallest absolute Gasteiger partial charge is 0.308 e. The molecule has 1 aromatic carbocycles. The summed E-state index contributed by atoms with van der Waals surface area (Å²) < 4.78 is 11.2. The monoisotopic (exact) mass is 405 g/mol. The topological polar surface area (TPSA) is 76.1 Å². The first-order valence-electron chi connectivity index (χ1n) is 10.7. The second-order valence-electron chi connectivity index (χ2n) is 7.92. The number of rotatable bonds is 9. The number of benzene rings is 1. The Morgan fingerprint density at radius 2 is 1.83 bits per heavy atom. The first-order chi connectivity index (χ1) is 13.8. The number of aliphatic hydroxyl groups is 1. The van der Waals surface area contributed by atoms with Gasteiger partial charge in [0.05, 0.1) is 13.2 Å². The van der Waals surface area contributed by atoms with E-state index >= 15 is 0 Å². The fourth-order valence-electron chi connectivity index (χ4n) is 4.03. The highest BCUT2D eigenvalue weighted by Crippen LogP contribution is 2.33. The molecule has 1 aliphatic carbocycles. The lowest BCUT2D eigenvalue weighted by Crippen LogP contribution is -2.43. The van der Waals surface area contributed by atoms with E-state index in [1.54, 1.807) is 0 Å². The van der Waals surface area contributed by atoms with Crippen LogP contribution in [0.5, 0.6) is 11.5 Å². The highest BCUT2D eigenvalue weighted by atomic mass is 16.5. The highest BCUT2D eigenvalue weighted by molar-refractivity contribution is 5.76. The molecule has 0 radical (unpaired) electrons. The molecule has 0 heterocycles. The highest BCUT2D eigenvalue weighted by Gasteiger charge is 2.24. The summed E-state index contributed by atoms with van der Waals surface area (Å²) in [5.41, 5.74) is 2.67. The van der Waals surface area contributed by atoms with Crippen LogP contribution in [0.1, 0.15) is 68.6 Å². The molecule has 0 bridgehead atoms. The van der Waals surface area contributed by atoms with Crippen molar-refractivity contribution in [1.82, 2.24) is 4.90 Å². The third kappa shape index (κ3) is 6.46. The molecule has 0 unspecified atom stereocenters. The largest absolute Gasteiger partial charge is 0.493 e. The van der Waals surface area contributed by atoms with Crippen molar-refractivity contribution in [1.29, 1.82) is 0 Å². The number of amides is 1. The third-order valence-electron chi connectivity index (χ3n) is 5.69. The average Bonchev–Trinajstić information content (AvgIpc) is 2.70. The zero-order chi connectivity index (χ0) is 21.4. The van der Waals surface area contributed by atoms with Crippen molar-refractivity contribution in [2.75, 3.05) is 19.8 Å². The molecule has 1 aromatic rings. The zero-order valence-corrected chi connectivity index (χ0v) is 18.3. The van der Waals surface area contributed by atoms with Crippen LogP contribution in [-0.4, -0.2) is 47.7 Å². The summed E-state index contributed by atoms with van der Waals surface area (Å²) in [6.07, 6.45) is 6.66. The summed E-state index contributed by atoms with van der Waals surface area (Å²) in [7, 11) is 0. The first-order valence-corrected chi connectivity index (χ1v) is 10.7. The summed E-state index contributed by atoms with van der Waals surface area (Å²) in [6, 6.07) is 2.15. The molecule has 1 fully saturated rings. The van der Waals surface area contributed by atoms with Crippen molar-refractivity contribution in [3.05, 3.63) is 22.8 Å². The van der Waals surface area contributed by atoms with Gasteiger partial charge in [0.2, 0.25) is 5.91 Å². The van der Waals surface area contributed by atoms with Crippen LogP contribution in [-0.2, 0) is 9.59 Å². The Morgan fingerprint density at radius 1 is 1.14 bits per heavy atom. The predicted molar refractivity (Wildman–Crippen MR) is 112 cm³/mol. The minimum absolute atomic E-state index is 0.00513. The minimum atomic E-state index is -0.340. The SMILES string of the molecule is CC(=O)Oc1c(C)cc(OCCCC(=O)N(CCO)C2CCCCC2)c(C)c1C. The lowest BCUT2D eigenvalue weighted by atomic mass is 9.94. The van der Waals surface area contributed by atoms with E-state index in [0.717, 1.165) is 48.1 Å². The van der Waals surface area contributed by atoms with Gasteiger partial charge in [-0.2, -0.15) is 0 Å². The number of aryl methyl sites for hydroxylation is 1. The van der Waals surface area contributed by atoms with Gasteiger partial charge < -0.3 is 19.5 Å². The molecule has 0 atom stereocenters. The van der Waals surface area contributed by atoms with Crippen LogP contribution in [0.25, 0.3) is 0 Å². The molecule has 6 heteroatoms. The Balaban J connectivity index is 1.90. The molecular formula is C23H35NO5. The maximum Gasteiger partial charge on any atom is 0.308 e. The molecule has 0 aliphatic heterocycles. The normalized spacial score (nSPS) is 14.5. The predicted octanol–water partition coefficient (Wildman–Crippen LogP) is 3.85. The Labute approximate surface area is 174 Å². The number of esters is 1. The van der Waals surface area contributed by atoms with Crippen LogP contribution in [0, 0.1) is 20.8 Å². The standard InChI is InChI=1S/C23H35NO5/c1-16-15-21(17(2)18(3)23(16)29-19(4)26)28-14-8-11-22(27)24(12-13-25)20-9-6-5-7-10-20/h15,20,25H,5-14H2,1-4H3. The van der Waals surface area contributed by atoms with Crippen molar-refractivity contribution in [3.8, 4) is 11.5 Å². The van der Waals surface area contributed by atoms with Crippen LogP contribution in [0.15, 0.2) is 6.07 Å². The van der Waals surface area contributed by atoms with E-state index in [1.165, 1.54) is 13.3 Å². The van der Waals surface area contributed by atoms with E-state index in [2.05, 4.69) is 0 Å². The Hall–Kier alpha value is -2.08. The molecule has 1 amide bonds. The number of hydrogen-bond acceptors (Lipinski definition) is 5. The molecule has 29 heavy (non-hydrogen) atoms. The van der Waals surface area contributed by atoms with Crippen molar-refractivity contribution in [2.24, 2.45) is 0 Å². The van der Waals surface area contributed by atoms with E-state index in [-0.39, 0.29) is 24.5 Å². The van der Waals surface area contributed by atoms with Gasteiger partial charge in [-0.3, -0.25) is 9.59 Å². The third-order valence-corrected chi connectivity index (χ3v) is 5.69. The summed E-state index contributed by atoms with van der Waals surface area (Å²) in [4.78, 5) is 25.8. The van der Waals surface area contributed by atoms with Gasteiger partial charge in [-0.1, -0.05) is 19.3 Å². The Kier molecular flexibility index (Phi) is 8.96. The summed E-state index contributed by atoms with van der Waals surface area (Å²) in [6.45, 7) is 7.99. The van der Waals surface area contributed by atoms with Crippen LogP contribution in [0.4, 0.5) is 0 Å². The fourth-order valence-corrected chi connectivity index (χ4v) is 4.03. The summed E-state index contributed by atoms with van der Waals surface area (Å²) in [5.74, 6) is 1.10.